The molecule has 0 saturated heterocycles. The molecule has 1 rings (SSSR count). The Bertz CT molecular complexity index is 535. The fourth-order valence-electron chi connectivity index (χ4n) is 1.95. The number of halogens is 3. The van der Waals surface area contributed by atoms with E-state index >= 15 is 0 Å². The molecule has 106 valence electrons. The van der Waals surface area contributed by atoms with Gasteiger partial charge in [0, 0.05) is 11.4 Å². The van der Waals surface area contributed by atoms with Crippen molar-refractivity contribution in [3.8, 4) is 0 Å². The number of allylic oxidation sites excluding steroid dienone is 2. The summed E-state index contributed by atoms with van der Waals surface area (Å²) in [4.78, 5) is 11.0. The van der Waals surface area contributed by atoms with Gasteiger partial charge in [-0.05, 0) is 33.8 Å². The van der Waals surface area contributed by atoms with E-state index in [0.29, 0.717) is 11.4 Å². The third kappa shape index (κ3) is 3.19. The van der Waals surface area contributed by atoms with Gasteiger partial charge in [-0.3, -0.25) is 0 Å². The van der Waals surface area contributed by atoms with E-state index in [4.69, 9.17) is 5.11 Å². The van der Waals surface area contributed by atoms with Gasteiger partial charge in [-0.25, -0.2) is 4.79 Å². The molecule has 0 aliphatic carbocycles. The molecule has 0 bridgehead atoms. The van der Waals surface area contributed by atoms with Gasteiger partial charge in [0.25, 0.3) is 0 Å². The number of nitrogens with zero attached hydrogens (tertiary/aromatic N) is 1. The zero-order chi connectivity index (χ0) is 15.0. The van der Waals surface area contributed by atoms with Gasteiger partial charge in [0.2, 0.25) is 0 Å². The first-order valence-electron chi connectivity index (χ1n) is 5.69. The van der Waals surface area contributed by atoms with Gasteiger partial charge in [-0.15, -0.1) is 0 Å². The Hall–Kier alpha value is -1.72. The molecule has 0 fully saturated rings. The smallest absolute Gasteiger partial charge is 0.414 e. The number of carboxylic acids is 1. The third-order valence-corrected chi connectivity index (χ3v) is 3.07. The molecular weight excluding hydrogens is 259 g/mol. The summed E-state index contributed by atoms with van der Waals surface area (Å²) in [6, 6.07) is 1.39. The fourth-order valence-corrected chi connectivity index (χ4v) is 1.95. The van der Waals surface area contributed by atoms with Crippen LogP contribution in [0, 0.1) is 13.8 Å². The second-order valence-corrected chi connectivity index (χ2v) is 4.65. The van der Waals surface area contributed by atoms with Crippen LogP contribution in [0.4, 0.5) is 13.2 Å². The number of rotatable bonds is 3. The predicted molar refractivity (Wildman–Crippen MR) is 65.3 cm³/mol. The molecule has 0 saturated carbocycles. The lowest BCUT2D eigenvalue weighted by Gasteiger charge is -2.17. The molecule has 3 nitrogen and oxygen atoms in total. The van der Waals surface area contributed by atoms with E-state index in [2.05, 4.69) is 0 Å². The topological polar surface area (TPSA) is 42.2 Å². The van der Waals surface area contributed by atoms with Crippen LogP contribution in [-0.2, 0) is 6.54 Å². The first-order chi connectivity index (χ1) is 8.55. The molecule has 0 amide bonds. The molecule has 0 unspecified atom stereocenters. The van der Waals surface area contributed by atoms with Crippen molar-refractivity contribution in [2.24, 2.45) is 0 Å². The zero-order valence-corrected chi connectivity index (χ0v) is 11.2. The minimum absolute atomic E-state index is 0.0350. The second kappa shape index (κ2) is 5.11. The number of aromatic carboxylic acids is 1. The molecule has 0 aliphatic rings. The van der Waals surface area contributed by atoms with Crippen molar-refractivity contribution in [1.29, 1.82) is 0 Å². The molecule has 0 aromatic carbocycles. The van der Waals surface area contributed by atoms with Crippen molar-refractivity contribution < 1.29 is 23.1 Å². The number of hydrogen-bond acceptors (Lipinski definition) is 1. The summed E-state index contributed by atoms with van der Waals surface area (Å²) < 4.78 is 40.1. The third-order valence-electron chi connectivity index (χ3n) is 3.07. The summed E-state index contributed by atoms with van der Waals surface area (Å²) in [7, 11) is 0. The molecule has 1 heterocycles. The van der Waals surface area contributed by atoms with Crippen molar-refractivity contribution in [1.82, 2.24) is 4.57 Å². The van der Waals surface area contributed by atoms with E-state index in [1.165, 1.54) is 31.4 Å². The first-order valence-corrected chi connectivity index (χ1v) is 5.69. The monoisotopic (exact) mass is 275 g/mol. The quantitative estimate of drug-likeness (QED) is 0.855. The number of aromatic nitrogens is 1. The SMILES string of the molecule is CC(C)=C(Cn1c(C)cc(C(=O)O)c1C)C(F)(F)F. The van der Waals surface area contributed by atoms with Crippen LogP contribution in [0.2, 0.25) is 0 Å². The van der Waals surface area contributed by atoms with Crippen molar-refractivity contribution in [3.63, 3.8) is 0 Å². The van der Waals surface area contributed by atoms with E-state index < -0.39 is 17.7 Å². The van der Waals surface area contributed by atoms with Gasteiger partial charge in [0.05, 0.1) is 17.7 Å². The van der Waals surface area contributed by atoms with Crippen LogP contribution in [0.1, 0.15) is 35.6 Å². The maximum absolute atomic E-state index is 12.9. The van der Waals surface area contributed by atoms with Crippen molar-refractivity contribution >= 4 is 5.97 Å². The predicted octanol–water partition coefficient (Wildman–Crippen LogP) is 3.70. The lowest BCUT2D eigenvalue weighted by molar-refractivity contribution is -0.0956. The maximum Gasteiger partial charge on any atom is 0.414 e. The van der Waals surface area contributed by atoms with E-state index in [9.17, 15) is 18.0 Å². The highest BCUT2D eigenvalue weighted by atomic mass is 19.4. The van der Waals surface area contributed by atoms with Crippen molar-refractivity contribution in [2.45, 2.75) is 40.4 Å². The number of carbonyl (C=O) groups is 1. The Morgan fingerprint density at radius 3 is 2.16 bits per heavy atom. The molecule has 6 heteroatoms. The molecule has 1 N–H and O–H groups in total. The molecule has 1 aromatic heterocycles. The van der Waals surface area contributed by atoms with Gasteiger partial charge >= 0.3 is 12.1 Å². The summed E-state index contributed by atoms with van der Waals surface area (Å²) in [5, 5.41) is 8.96. The normalized spacial score (nSPS) is 11.5. The lowest BCUT2D eigenvalue weighted by atomic mass is 10.1. The molecule has 0 atom stereocenters. The molecule has 0 spiro atoms. The zero-order valence-electron chi connectivity index (χ0n) is 11.2. The Balaban J connectivity index is 3.27. The van der Waals surface area contributed by atoms with Crippen LogP contribution in [0.15, 0.2) is 17.2 Å². The lowest BCUT2D eigenvalue weighted by Crippen LogP contribution is -2.20. The molecule has 0 radical (unpaired) electrons. The number of alkyl halides is 3. The summed E-state index contributed by atoms with van der Waals surface area (Å²) in [5.74, 6) is -1.13. The van der Waals surface area contributed by atoms with Crippen LogP contribution in [0.25, 0.3) is 0 Å². The second-order valence-electron chi connectivity index (χ2n) is 4.65. The van der Waals surface area contributed by atoms with Crippen LogP contribution >= 0.6 is 0 Å². The Morgan fingerprint density at radius 2 is 1.84 bits per heavy atom. The highest BCUT2D eigenvalue weighted by Crippen LogP contribution is 2.31. The minimum Gasteiger partial charge on any atom is -0.478 e. The summed E-state index contributed by atoms with van der Waals surface area (Å²) in [6.45, 7) is 5.54. The van der Waals surface area contributed by atoms with Crippen molar-refractivity contribution in [3.05, 3.63) is 34.2 Å². The standard InChI is InChI=1S/C13H16F3NO2/c1-7(2)11(13(14,15)16)6-17-8(3)5-10(9(17)4)12(18)19/h5H,6H2,1-4H3,(H,18,19). The van der Waals surface area contributed by atoms with Gasteiger partial charge < -0.3 is 9.67 Å². The van der Waals surface area contributed by atoms with Crippen LogP contribution in [0.5, 0.6) is 0 Å². The molecular formula is C13H16F3NO2. The van der Waals surface area contributed by atoms with Crippen LogP contribution in [0.3, 0.4) is 0 Å². The van der Waals surface area contributed by atoms with Gasteiger partial charge in [-0.2, -0.15) is 13.2 Å². The van der Waals surface area contributed by atoms with Crippen LogP contribution in [-0.4, -0.2) is 21.8 Å². The van der Waals surface area contributed by atoms with E-state index in [0.717, 1.165) is 0 Å². The molecule has 0 aliphatic heterocycles. The Labute approximate surface area is 109 Å². The minimum atomic E-state index is -4.41. The first kappa shape index (κ1) is 15.3. The van der Waals surface area contributed by atoms with Crippen molar-refractivity contribution in [2.75, 3.05) is 0 Å². The fraction of sp³-hybridized carbons (Fsp3) is 0.462. The van der Waals surface area contributed by atoms with Gasteiger partial charge in [0.1, 0.15) is 0 Å². The van der Waals surface area contributed by atoms with Gasteiger partial charge in [0.15, 0.2) is 0 Å². The summed E-state index contributed by atoms with van der Waals surface area (Å²) in [5.41, 5.74) is 0.391. The summed E-state index contributed by atoms with van der Waals surface area (Å²) >= 11 is 0. The summed E-state index contributed by atoms with van der Waals surface area (Å²) in [6.07, 6.45) is -4.41. The highest BCUT2D eigenvalue weighted by molar-refractivity contribution is 5.89. The van der Waals surface area contributed by atoms with E-state index in [-0.39, 0.29) is 17.7 Å². The Kier molecular flexibility index (Phi) is 4.12. The average molecular weight is 275 g/mol. The number of aryl methyl sites for hydroxylation is 1. The van der Waals surface area contributed by atoms with E-state index in [1.54, 1.807) is 6.92 Å². The highest BCUT2D eigenvalue weighted by Gasteiger charge is 2.35. The van der Waals surface area contributed by atoms with Gasteiger partial charge in [-0.1, -0.05) is 5.57 Å². The average Bonchev–Trinajstić information content (AvgIpc) is 2.49. The molecule has 19 heavy (non-hydrogen) atoms. The largest absolute Gasteiger partial charge is 0.478 e. The van der Waals surface area contributed by atoms with E-state index in [1.807, 2.05) is 0 Å². The molecule has 1 aromatic rings. The maximum atomic E-state index is 12.9. The Morgan fingerprint density at radius 1 is 1.32 bits per heavy atom. The number of carboxylic acid groups (broad SMARTS) is 1. The number of hydrogen-bond donors (Lipinski definition) is 1. The van der Waals surface area contributed by atoms with Crippen LogP contribution < -0.4 is 0 Å².